The van der Waals surface area contributed by atoms with Gasteiger partial charge in [-0.25, -0.2) is 0 Å². The second-order valence-corrected chi connectivity index (χ2v) is 7.50. The molecule has 1 aliphatic carbocycles. The van der Waals surface area contributed by atoms with Gasteiger partial charge in [-0.15, -0.1) is 5.10 Å². The van der Waals surface area contributed by atoms with Crippen molar-refractivity contribution < 1.29 is 9.59 Å². The van der Waals surface area contributed by atoms with Crippen LogP contribution in [-0.4, -0.2) is 57.5 Å². The lowest BCUT2D eigenvalue weighted by atomic mass is 10.2. The number of carbonyl (C=O) groups excluding carboxylic acids is 2. The summed E-state index contributed by atoms with van der Waals surface area (Å²) in [5, 5.41) is 7.30. The van der Waals surface area contributed by atoms with Crippen LogP contribution in [0.2, 0.25) is 0 Å². The predicted molar refractivity (Wildman–Crippen MR) is 109 cm³/mol. The summed E-state index contributed by atoms with van der Waals surface area (Å²) in [5.74, 6) is 1.42. The first kappa shape index (κ1) is 17.7. The zero-order valence-corrected chi connectivity index (χ0v) is 16.0. The van der Waals surface area contributed by atoms with Crippen LogP contribution in [0, 0.1) is 5.92 Å². The Balaban J connectivity index is 1.30. The Morgan fingerprint density at radius 3 is 2.41 bits per heavy atom. The Kier molecular flexibility index (Phi) is 4.38. The molecule has 3 aromatic rings. The van der Waals surface area contributed by atoms with Gasteiger partial charge in [0.2, 0.25) is 11.9 Å². The average molecular weight is 390 g/mol. The van der Waals surface area contributed by atoms with Crippen LogP contribution in [-0.2, 0) is 4.79 Å². The Morgan fingerprint density at radius 1 is 0.931 bits per heavy atom. The van der Waals surface area contributed by atoms with Crippen molar-refractivity contribution in [3.63, 3.8) is 0 Å². The molecule has 2 fully saturated rings. The normalized spacial score (nSPS) is 16.8. The molecule has 5 rings (SSSR count). The maximum Gasteiger partial charge on any atom is 0.253 e. The van der Waals surface area contributed by atoms with Crippen molar-refractivity contribution in [3.8, 4) is 0 Å². The van der Waals surface area contributed by atoms with Gasteiger partial charge in [0.25, 0.3) is 5.91 Å². The summed E-state index contributed by atoms with van der Waals surface area (Å²) in [6.45, 7) is 2.71. The van der Waals surface area contributed by atoms with Crippen LogP contribution in [0.15, 0.2) is 48.5 Å². The monoisotopic (exact) mass is 390 g/mol. The molecule has 29 heavy (non-hydrogen) atoms. The van der Waals surface area contributed by atoms with Crippen molar-refractivity contribution in [2.45, 2.75) is 12.8 Å². The smallest absolute Gasteiger partial charge is 0.253 e. The summed E-state index contributed by atoms with van der Waals surface area (Å²) in [7, 11) is 0. The molecule has 2 aliphatic rings. The summed E-state index contributed by atoms with van der Waals surface area (Å²) in [6, 6.07) is 15.2. The number of hydrogen-bond acceptors (Lipinski definition) is 5. The number of amides is 2. The SMILES string of the molecule is O=C(Nc1nc2cccc(N3CCN(C(=O)c4ccccc4)CC3)n2n1)C1CC1. The van der Waals surface area contributed by atoms with Crippen LogP contribution in [0.25, 0.3) is 5.65 Å². The molecule has 2 aromatic heterocycles. The fourth-order valence-corrected chi connectivity index (χ4v) is 3.64. The van der Waals surface area contributed by atoms with Crippen molar-refractivity contribution in [1.82, 2.24) is 19.5 Å². The molecule has 3 heterocycles. The predicted octanol–water partition coefficient (Wildman–Crippen LogP) is 2.04. The molecule has 8 heteroatoms. The third-order valence-corrected chi connectivity index (χ3v) is 5.43. The van der Waals surface area contributed by atoms with Crippen LogP contribution < -0.4 is 10.2 Å². The number of benzene rings is 1. The molecule has 0 bridgehead atoms. The van der Waals surface area contributed by atoms with Crippen LogP contribution in [0.1, 0.15) is 23.2 Å². The molecular weight excluding hydrogens is 368 g/mol. The van der Waals surface area contributed by atoms with E-state index in [9.17, 15) is 9.59 Å². The standard InChI is InChI=1S/C21H22N6O2/c28-19(15-9-10-15)23-21-22-17-7-4-8-18(27(17)24-21)25-11-13-26(14-12-25)20(29)16-5-2-1-3-6-16/h1-8,15H,9-14H2,(H,23,24,28). The van der Waals surface area contributed by atoms with Gasteiger partial charge >= 0.3 is 0 Å². The zero-order valence-electron chi connectivity index (χ0n) is 16.0. The van der Waals surface area contributed by atoms with Gasteiger partial charge in [0, 0.05) is 37.7 Å². The summed E-state index contributed by atoms with van der Waals surface area (Å²) in [4.78, 5) is 33.2. The molecule has 2 amide bonds. The second kappa shape index (κ2) is 7.20. The maximum absolute atomic E-state index is 12.7. The van der Waals surface area contributed by atoms with E-state index in [1.54, 1.807) is 4.52 Å². The van der Waals surface area contributed by atoms with Crippen molar-refractivity contribution in [2.24, 2.45) is 5.92 Å². The van der Waals surface area contributed by atoms with Gasteiger partial charge in [-0.05, 0) is 37.1 Å². The molecular formula is C21H22N6O2. The first-order chi connectivity index (χ1) is 14.2. The number of fused-ring (bicyclic) bond motifs is 1. The Labute approximate surface area is 168 Å². The number of rotatable bonds is 4. The number of hydrogen-bond donors (Lipinski definition) is 1. The summed E-state index contributed by atoms with van der Waals surface area (Å²) < 4.78 is 1.76. The number of carbonyl (C=O) groups is 2. The van der Waals surface area contributed by atoms with E-state index in [4.69, 9.17) is 0 Å². The largest absolute Gasteiger partial charge is 0.353 e. The lowest BCUT2D eigenvalue weighted by Crippen LogP contribution is -2.49. The van der Waals surface area contributed by atoms with Crippen LogP contribution in [0.5, 0.6) is 0 Å². The number of anilines is 2. The van der Waals surface area contributed by atoms with E-state index < -0.39 is 0 Å². The molecule has 8 nitrogen and oxygen atoms in total. The van der Waals surface area contributed by atoms with E-state index in [1.165, 1.54) is 0 Å². The minimum absolute atomic E-state index is 0.00417. The molecule has 0 atom stereocenters. The van der Waals surface area contributed by atoms with E-state index in [2.05, 4.69) is 20.3 Å². The highest BCUT2D eigenvalue weighted by atomic mass is 16.2. The number of aromatic nitrogens is 3. The quantitative estimate of drug-likeness (QED) is 0.737. The zero-order chi connectivity index (χ0) is 19.8. The van der Waals surface area contributed by atoms with E-state index >= 15 is 0 Å². The third kappa shape index (κ3) is 3.53. The second-order valence-electron chi connectivity index (χ2n) is 7.50. The van der Waals surface area contributed by atoms with Crippen molar-refractivity contribution in [1.29, 1.82) is 0 Å². The lowest BCUT2D eigenvalue weighted by molar-refractivity contribution is -0.117. The molecule has 1 aliphatic heterocycles. The van der Waals surface area contributed by atoms with Crippen molar-refractivity contribution >= 4 is 29.2 Å². The highest BCUT2D eigenvalue weighted by molar-refractivity contribution is 5.94. The fourth-order valence-electron chi connectivity index (χ4n) is 3.64. The van der Waals surface area contributed by atoms with Gasteiger partial charge in [0.1, 0.15) is 5.82 Å². The van der Waals surface area contributed by atoms with Crippen molar-refractivity contribution in [3.05, 3.63) is 54.1 Å². The van der Waals surface area contributed by atoms with Crippen LogP contribution in [0.4, 0.5) is 11.8 Å². The molecule has 0 unspecified atom stereocenters. The van der Waals surface area contributed by atoms with E-state index in [1.807, 2.05) is 53.4 Å². The average Bonchev–Trinajstić information content (AvgIpc) is 3.54. The van der Waals surface area contributed by atoms with E-state index in [0.29, 0.717) is 37.8 Å². The summed E-state index contributed by atoms with van der Waals surface area (Å²) >= 11 is 0. The lowest BCUT2D eigenvalue weighted by Gasteiger charge is -2.36. The topological polar surface area (TPSA) is 82.8 Å². The van der Waals surface area contributed by atoms with Gasteiger partial charge in [-0.2, -0.15) is 9.50 Å². The Hall–Kier alpha value is -3.42. The number of pyridine rings is 1. The molecule has 1 saturated carbocycles. The minimum Gasteiger partial charge on any atom is -0.353 e. The van der Waals surface area contributed by atoms with Gasteiger partial charge in [0.15, 0.2) is 5.65 Å². The van der Waals surface area contributed by atoms with Crippen LogP contribution in [0.3, 0.4) is 0 Å². The summed E-state index contributed by atoms with van der Waals surface area (Å²) in [5.41, 5.74) is 1.41. The maximum atomic E-state index is 12.7. The molecule has 1 N–H and O–H groups in total. The first-order valence-corrected chi connectivity index (χ1v) is 9.95. The molecule has 0 spiro atoms. The molecule has 148 valence electrons. The van der Waals surface area contributed by atoms with E-state index in [-0.39, 0.29) is 17.7 Å². The van der Waals surface area contributed by atoms with E-state index in [0.717, 1.165) is 24.2 Å². The minimum atomic E-state index is -0.00417. The number of piperazine rings is 1. The Morgan fingerprint density at radius 2 is 1.69 bits per heavy atom. The summed E-state index contributed by atoms with van der Waals surface area (Å²) in [6.07, 6.45) is 1.88. The first-order valence-electron chi connectivity index (χ1n) is 9.95. The number of nitrogens with one attached hydrogen (secondary N) is 1. The highest BCUT2D eigenvalue weighted by Crippen LogP contribution is 2.30. The molecule has 1 aromatic carbocycles. The van der Waals surface area contributed by atoms with Gasteiger partial charge in [-0.3, -0.25) is 14.9 Å². The Bertz CT molecular complexity index is 1050. The van der Waals surface area contributed by atoms with Gasteiger partial charge in [0.05, 0.1) is 0 Å². The van der Waals surface area contributed by atoms with Gasteiger partial charge < -0.3 is 9.80 Å². The highest BCUT2D eigenvalue weighted by Gasteiger charge is 2.30. The van der Waals surface area contributed by atoms with Crippen LogP contribution >= 0.6 is 0 Å². The number of nitrogens with zero attached hydrogens (tertiary/aromatic N) is 5. The van der Waals surface area contributed by atoms with Gasteiger partial charge in [-0.1, -0.05) is 24.3 Å². The molecule has 0 radical (unpaired) electrons. The molecule has 1 saturated heterocycles. The third-order valence-electron chi connectivity index (χ3n) is 5.43. The van der Waals surface area contributed by atoms with Crippen molar-refractivity contribution in [2.75, 3.05) is 36.4 Å². The fraction of sp³-hybridized carbons (Fsp3) is 0.333.